The second kappa shape index (κ2) is 13.1. The molecular formula is C22H26O4. The molecule has 0 aliphatic rings. The lowest BCUT2D eigenvalue weighted by Gasteiger charge is -1.92. The molecule has 3 N–H and O–H groups in total. The summed E-state index contributed by atoms with van der Waals surface area (Å²) in [6.07, 6.45) is 0. The van der Waals surface area contributed by atoms with Crippen LogP contribution in [-0.2, 0) is 4.79 Å². The van der Waals surface area contributed by atoms with E-state index in [2.05, 4.69) is 0 Å². The molecule has 0 saturated carbocycles. The third-order valence-corrected chi connectivity index (χ3v) is 3.35. The predicted molar refractivity (Wildman–Crippen MR) is 106 cm³/mol. The third-order valence-electron chi connectivity index (χ3n) is 3.35. The summed E-state index contributed by atoms with van der Waals surface area (Å²) in [5, 5.41) is 26.8. The standard InChI is InChI=1S/3C7H8O.CH2O/c3*1-6-4-2-3-5-7(6)8;1-2/h3*2-5,8H,1H3;1H2. The van der Waals surface area contributed by atoms with Crippen LogP contribution in [0.1, 0.15) is 16.7 Å². The molecule has 4 heteroatoms. The van der Waals surface area contributed by atoms with E-state index in [-0.39, 0.29) is 0 Å². The van der Waals surface area contributed by atoms with Crippen molar-refractivity contribution in [2.75, 3.05) is 0 Å². The first-order valence-electron chi connectivity index (χ1n) is 7.94. The molecule has 3 aromatic rings. The fourth-order valence-electron chi connectivity index (χ4n) is 1.69. The molecule has 0 saturated heterocycles. The van der Waals surface area contributed by atoms with E-state index in [1.54, 1.807) is 18.2 Å². The summed E-state index contributed by atoms with van der Waals surface area (Å²) < 4.78 is 0. The Bertz CT molecular complexity index is 603. The van der Waals surface area contributed by atoms with Crippen LogP contribution in [-0.4, -0.2) is 22.1 Å². The van der Waals surface area contributed by atoms with E-state index >= 15 is 0 Å². The summed E-state index contributed by atoms with van der Waals surface area (Å²) in [5.41, 5.74) is 2.77. The van der Waals surface area contributed by atoms with E-state index in [4.69, 9.17) is 20.1 Å². The Hall–Kier alpha value is -3.27. The number of phenols is 3. The highest BCUT2D eigenvalue weighted by Gasteiger charge is 1.88. The van der Waals surface area contributed by atoms with Crippen molar-refractivity contribution >= 4 is 6.79 Å². The average Bonchev–Trinajstić information content (AvgIpc) is 2.65. The molecular weight excluding hydrogens is 328 g/mol. The van der Waals surface area contributed by atoms with Gasteiger partial charge in [-0.3, -0.25) is 0 Å². The van der Waals surface area contributed by atoms with Gasteiger partial charge in [0.25, 0.3) is 0 Å². The minimum Gasteiger partial charge on any atom is -0.508 e. The van der Waals surface area contributed by atoms with Gasteiger partial charge in [0.05, 0.1) is 0 Å². The summed E-state index contributed by atoms with van der Waals surface area (Å²) in [4.78, 5) is 8.00. The largest absolute Gasteiger partial charge is 0.508 e. The van der Waals surface area contributed by atoms with Crippen molar-refractivity contribution in [3.8, 4) is 17.2 Å². The van der Waals surface area contributed by atoms with Crippen LogP contribution in [0.3, 0.4) is 0 Å². The fraction of sp³-hybridized carbons (Fsp3) is 0.136. The van der Waals surface area contributed by atoms with E-state index < -0.39 is 0 Å². The fourth-order valence-corrected chi connectivity index (χ4v) is 1.69. The molecule has 0 heterocycles. The molecule has 0 aliphatic heterocycles. The number of carbonyl (C=O) groups is 1. The van der Waals surface area contributed by atoms with Gasteiger partial charge in [-0.2, -0.15) is 0 Å². The van der Waals surface area contributed by atoms with Crippen LogP contribution in [0, 0.1) is 20.8 Å². The summed E-state index contributed by atoms with van der Waals surface area (Å²) in [6.45, 7) is 7.61. The first-order valence-corrected chi connectivity index (χ1v) is 7.94. The summed E-state index contributed by atoms with van der Waals surface area (Å²) in [7, 11) is 0. The van der Waals surface area contributed by atoms with Crippen LogP contribution in [0.4, 0.5) is 0 Å². The molecule has 4 nitrogen and oxygen atoms in total. The zero-order chi connectivity index (χ0) is 19.9. The zero-order valence-corrected chi connectivity index (χ0v) is 15.4. The SMILES string of the molecule is C=O.Cc1ccccc1O.Cc1ccccc1O.Cc1ccccc1O. The van der Waals surface area contributed by atoms with Gasteiger partial charge in [-0.25, -0.2) is 0 Å². The molecule has 26 heavy (non-hydrogen) atoms. The van der Waals surface area contributed by atoms with Crippen molar-refractivity contribution in [2.24, 2.45) is 0 Å². The van der Waals surface area contributed by atoms with Crippen LogP contribution in [0.15, 0.2) is 72.8 Å². The van der Waals surface area contributed by atoms with Crippen molar-refractivity contribution in [2.45, 2.75) is 20.8 Å². The minimum absolute atomic E-state index is 0.368. The second-order valence-electron chi connectivity index (χ2n) is 5.36. The molecule has 3 rings (SSSR count). The van der Waals surface area contributed by atoms with Crippen LogP contribution < -0.4 is 0 Å². The van der Waals surface area contributed by atoms with Crippen LogP contribution in [0.2, 0.25) is 0 Å². The molecule has 138 valence electrons. The van der Waals surface area contributed by atoms with Gasteiger partial charge in [-0.1, -0.05) is 54.6 Å². The molecule has 0 amide bonds. The maximum Gasteiger partial charge on any atom is 0.118 e. The Kier molecular flexibility index (Phi) is 11.4. The number of aromatic hydroxyl groups is 3. The Morgan fingerprint density at radius 3 is 0.808 bits per heavy atom. The van der Waals surface area contributed by atoms with Crippen LogP contribution in [0.25, 0.3) is 0 Å². The molecule has 0 unspecified atom stereocenters. The maximum absolute atomic E-state index is 8.92. The number of hydrogen-bond acceptors (Lipinski definition) is 4. The minimum atomic E-state index is 0.368. The van der Waals surface area contributed by atoms with Gasteiger partial charge >= 0.3 is 0 Å². The van der Waals surface area contributed by atoms with Gasteiger partial charge in [0.1, 0.15) is 24.0 Å². The van der Waals surface area contributed by atoms with Crippen molar-refractivity contribution < 1.29 is 20.1 Å². The Morgan fingerprint density at radius 2 is 0.692 bits per heavy atom. The summed E-state index contributed by atoms with van der Waals surface area (Å²) >= 11 is 0. The molecule has 0 radical (unpaired) electrons. The highest BCUT2D eigenvalue weighted by atomic mass is 16.3. The summed E-state index contributed by atoms with van der Waals surface area (Å²) in [5.74, 6) is 1.10. The molecule has 0 aliphatic carbocycles. The first-order chi connectivity index (χ1) is 12.4. The Balaban J connectivity index is 0.000000344. The Morgan fingerprint density at radius 1 is 0.500 bits per heavy atom. The van der Waals surface area contributed by atoms with Gasteiger partial charge in [-0.05, 0) is 55.7 Å². The second-order valence-corrected chi connectivity index (χ2v) is 5.36. The zero-order valence-electron chi connectivity index (χ0n) is 15.4. The van der Waals surface area contributed by atoms with E-state index in [1.165, 1.54) is 0 Å². The van der Waals surface area contributed by atoms with Crippen LogP contribution >= 0.6 is 0 Å². The quantitative estimate of drug-likeness (QED) is 0.536. The average molecular weight is 354 g/mol. The Labute approximate surface area is 155 Å². The number of phenolic OH excluding ortho intramolecular Hbond substituents is 3. The third kappa shape index (κ3) is 9.13. The first kappa shape index (κ1) is 22.7. The van der Waals surface area contributed by atoms with Crippen LogP contribution in [0.5, 0.6) is 17.2 Å². The molecule has 0 aromatic heterocycles. The van der Waals surface area contributed by atoms with Gasteiger partial charge in [0.15, 0.2) is 0 Å². The number of rotatable bonds is 0. The topological polar surface area (TPSA) is 77.8 Å². The van der Waals surface area contributed by atoms with Gasteiger partial charge in [-0.15, -0.1) is 0 Å². The van der Waals surface area contributed by atoms with Gasteiger partial charge in [0, 0.05) is 0 Å². The van der Waals surface area contributed by atoms with Crippen molar-refractivity contribution in [1.29, 1.82) is 0 Å². The lowest BCUT2D eigenvalue weighted by molar-refractivity contribution is -0.0979. The highest BCUT2D eigenvalue weighted by Crippen LogP contribution is 2.13. The number of carbonyl (C=O) groups excluding carboxylic acids is 1. The lowest BCUT2D eigenvalue weighted by atomic mass is 10.2. The number of benzene rings is 3. The lowest BCUT2D eigenvalue weighted by Crippen LogP contribution is -1.68. The van der Waals surface area contributed by atoms with Gasteiger partial charge < -0.3 is 20.1 Å². The van der Waals surface area contributed by atoms with E-state index in [9.17, 15) is 0 Å². The number of aryl methyl sites for hydroxylation is 3. The summed E-state index contributed by atoms with van der Waals surface area (Å²) in [6, 6.07) is 21.8. The number of para-hydroxylation sites is 3. The monoisotopic (exact) mass is 354 g/mol. The van der Waals surface area contributed by atoms with E-state index in [0.717, 1.165) is 16.7 Å². The number of hydrogen-bond donors (Lipinski definition) is 3. The van der Waals surface area contributed by atoms with Crippen molar-refractivity contribution in [3.63, 3.8) is 0 Å². The molecule has 3 aromatic carbocycles. The molecule has 0 atom stereocenters. The van der Waals surface area contributed by atoms with E-state index in [1.807, 2.05) is 82.2 Å². The smallest absolute Gasteiger partial charge is 0.118 e. The highest BCUT2D eigenvalue weighted by molar-refractivity contribution is 5.31. The van der Waals surface area contributed by atoms with Crippen molar-refractivity contribution in [1.82, 2.24) is 0 Å². The normalized spacial score (nSPS) is 8.58. The van der Waals surface area contributed by atoms with E-state index in [0.29, 0.717) is 17.2 Å². The predicted octanol–water partition coefficient (Wildman–Crippen LogP) is 4.92. The molecule has 0 spiro atoms. The van der Waals surface area contributed by atoms with Gasteiger partial charge in [0.2, 0.25) is 0 Å². The molecule has 0 fully saturated rings. The maximum atomic E-state index is 8.92. The molecule has 0 bridgehead atoms. The van der Waals surface area contributed by atoms with Crippen molar-refractivity contribution in [3.05, 3.63) is 89.5 Å².